The molecular formula is C3H3NO2S2. The van der Waals surface area contributed by atoms with E-state index in [1.807, 2.05) is 0 Å². The number of sulfonamides is 1. The molecule has 0 atom stereocenters. The molecule has 1 aliphatic heterocycles. The summed E-state index contributed by atoms with van der Waals surface area (Å²) in [5.41, 5.74) is 0. The SMILES string of the molecule is O=S1(=O)C=CC(=S)N1. The van der Waals surface area contributed by atoms with E-state index in [4.69, 9.17) is 0 Å². The Morgan fingerprint density at radius 2 is 2.25 bits per heavy atom. The summed E-state index contributed by atoms with van der Waals surface area (Å²) in [6, 6.07) is 0. The molecule has 0 unspecified atom stereocenters. The molecular weight excluding hydrogens is 146 g/mol. The first-order valence-electron chi connectivity index (χ1n) is 1.85. The van der Waals surface area contributed by atoms with Crippen LogP contribution in [0.5, 0.6) is 0 Å². The zero-order chi connectivity index (χ0) is 6.20. The van der Waals surface area contributed by atoms with E-state index in [0.717, 1.165) is 5.41 Å². The van der Waals surface area contributed by atoms with Crippen LogP contribution in [0.15, 0.2) is 11.5 Å². The third kappa shape index (κ3) is 1.05. The molecule has 0 fully saturated rings. The maximum atomic E-state index is 10.4. The lowest BCUT2D eigenvalue weighted by atomic mass is 10.7. The Bertz CT molecular complexity index is 238. The van der Waals surface area contributed by atoms with Gasteiger partial charge < -0.3 is 0 Å². The van der Waals surface area contributed by atoms with Gasteiger partial charge in [0, 0.05) is 0 Å². The molecule has 1 aliphatic rings. The molecule has 8 heavy (non-hydrogen) atoms. The van der Waals surface area contributed by atoms with E-state index in [9.17, 15) is 8.42 Å². The second-order valence-corrected chi connectivity index (χ2v) is 3.32. The van der Waals surface area contributed by atoms with Gasteiger partial charge in [0.25, 0.3) is 10.0 Å². The highest BCUT2D eigenvalue weighted by atomic mass is 32.2. The molecule has 1 rings (SSSR count). The third-order valence-corrected chi connectivity index (χ3v) is 2.01. The fraction of sp³-hybridized carbons (Fsp3) is 0. The Morgan fingerprint density at radius 3 is 2.38 bits per heavy atom. The average Bonchev–Trinajstić information content (AvgIpc) is 1.82. The van der Waals surface area contributed by atoms with E-state index in [-0.39, 0.29) is 4.99 Å². The highest BCUT2D eigenvalue weighted by Crippen LogP contribution is 1.96. The summed E-state index contributed by atoms with van der Waals surface area (Å²) < 4.78 is 22.8. The van der Waals surface area contributed by atoms with Crippen LogP contribution in [-0.4, -0.2) is 13.4 Å². The third-order valence-electron chi connectivity index (χ3n) is 0.641. The predicted molar refractivity (Wildman–Crippen MR) is 33.8 cm³/mol. The summed E-state index contributed by atoms with van der Waals surface area (Å²) in [6.45, 7) is 0. The molecule has 0 aliphatic carbocycles. The zero-order valence-corrected chi connectivity index (χ0v) is 5.42. The lowest BCUT2D eigenvalue weighted by molar-refractivity contribution is 0.603. The van der Waals surface area contributed by atoms with E-state index in [0.29, 0.717) is 0 Å². The van der Waals surface area contributed by atoms with Gasteiger partial charge >= 0.3 is 0 Å². The second-order valence-electron chi connectivity index (χ2n) is 1.31. The summed E-state index contributed by atoms with van der Waals surface area (Å²) in [5, 5.41) is 1.04. The van der Waals surface area contributed by atoms with Gasteiger partial charge in [-0.3, -0.25) is 4.72 Å². The van der Waals surface area contributed by atoms with E-state index >= 15 is 0 Å². The molecule has 1 heterocycles. The van der Waals surface area contributed by atoms with Crippen molar-refractivity contribution >= 4 is 27.2 Å². The van der Waals surface area contributed by atoms with Gasteiger partial charge in [-0.25, -0.2) is 8.42 Å². The fourth-order valence-electron chi connectivity index (χ4n) is 0.360. The van der Waals surface area contributed by atoms with Gasteiger partial charge in [-0.05, 0) is 6.08 Å². The van der Waals surface area contributed by atoms with E-state index in [1.165, 1.54) is 6.08 Å². The van der Waals surface area contributed by atoms with E-state index in [2.05, 4.69) is 16.9 Å². The topological polar surface area (TPSA) is 46.2 Å². The van der Waals surface area contributed by atoms with E-state index in [1.54, 1.807) is 0 Å². The Kier molecular flexibility index (Phi) is 1.09. The average molecular weight is 149 g/mol. The molecule has 0 aromatic heterocycles. The predicted octanol–water partition coefficient (Wildman–Crippen LogP) is -0.239. The van der Waals surface area contributed by atoms with Crippen LogP contribution < -0.4 is 4.72 Å². The minimum atomic E-state index is -3.17. The molecule has 0 aromatic rings. The summed E-state index contributed by atoms with van der Waals surface area (Å²) in [4.78, 5) is 0.255. The van der Waals surface area contributed by atoms with Gasteiger partial charge in [0.2, 0.25) is 0 Å². The van der Waals surface area contributed by atoms with Crippen molar-refractivity contribution in [2.45, 2.75) is 0 Å². The maximum absolute atomic E-state index is 10.4. The summed E-state index contributed by atoms with van der Waals surface area (Å²) >= 11 is 4.49. The molecule has 0 spiro atoms. The molecule has 0 radical (unpaired) electrons. The Morgan fingerprint density at radius 1 is 1.62 bits per heavy atom. The standard InChI is InChI=1S/C3H3NO2S2/c5-8(6)2-1-3(7)4-8/h1-2H,(H,4,7). The second kappa shape index (κ2) is 1.53. The van der Waals surface area contributed by atoms with E-state index < -0.39 is 10.0 Å². The van der Waals surface area contributed by atoms with Crippen LogP contribution in [0, 0.1) is 0 Å². The highest BCUT2D eigenvalue weighted by molar-refractivity contribution is 7.95. The van der Waals surface area contributed by atoms with Gasteiger partial charge in [0.05, 0.1) is 5.41 Å². The number of rotatable bonds is 0. The van der Waals surface area contributed by atoms with Gasteiger partial charge in [-0.15, -0.1) is 0 Å². The molecule has 3 nitrogen and oxygen atoms in total. The van der Waals surface area contributed by atoms with Crippen molar-refractivity contribution in [3.8, 4) is 0 Å². The first kappa shape index (κ1) is 5.71. The van der Waals surface area contributed by atoms with Crippen LogP contribution in [0.3, 0.4) is 0 Å². The van der Waals surface area contributed by atoms with Crippen LogP contribution in [0.25, 0.3) is 0 Å². The van der Waals surface area contributed by atoms with Gasteiger partial charge in [0.15, 0.2) is 0 Å². The van der Waals surface area contributed by atoms with Crippen LogP contribution in [0.4, 0.5) is 0 Å². The number of hydrogen-bond donors (Lipinski definition) is 1. The van der Waals surface area contributed by atoms with Crippen molar-refractivity contribution in [3.63, 3.8) is 0 Å². The normalized spacial score (nSPS) is 23.2. The van der Waals surface area contributed by atoms with Crippen molar-refractivity contribution in [1.82, 2.24) is 4.72 Å². The molecule has 5 heteroatoms. The van der Waals surface area contributed by atoms with Crippen molar-refractivity contribution in [2.75, 3.05) is 0 Å². The van der Waals surface area contributed by atoms with Crippen LogP contribution in [-0.2, 0) is 10.0 Å². The van der Waals surface area contributed by atoms with Crippen LogP contribution in [0.1, 0.15) is 0 Å². The van der Waals surface area contributed by atoms with Gasteiger partial charge in [-0.2, -0.15) is 0 Å². The van der Waals surface area contributed by atoms with Crippen LogP contribution in [0.2, 0.25) is 0 Å². The van der Waals surface area contributed by atoms with Gasteiger partial charge in [-0.1, -0.05) is 12.2 Å². The maximum Gasteiger partial charge on any atom is 0.255 e. The first-order chi connectivity index (χ1) is 3.60. The quantitative estimate of drug-likeness (QED) is 0.483. The summed E-state index contributed by atoms with van der Waals surface area (Å²) in [6.07, 6.45) is 1.34. The zero-order valence-electron chi connectivity index (χ0n) is 3.79. The number of nitrogens with one attached hydrogen (secondary N) is 1. The lowest BCUT2D eigenvalue weighted by Gasteiger charge is -1.88. The summed E-state index contributed by atoms with van der Waals surface area (Å²) in [7, 11) is -3.17. The van der Waals surface area contributed by atoms with Crippen molar-refractivity contribution in [1.29, 1.82) is 0 Å². The molecule has 1 N–H and O–H groups in total. The molecule has 0 bridgehead atoms. The van der Waals surface area contributed by atoms with Gasteiger partial charge in [0.1, 0.15) is 4.99 Å². The molecule has 0 saturated carbocycles. The monoisotopic (exact) mass is 149 g/mol. The Hall–Kier alpha value is -0.420. The largest absolute Gasteiger partial charge is 0.270 e. The number of thiocarbonyl (C=S) groups is 1. The molecule has 0 aromatic carbocycles. The highest BCUT2D eigenvalue weighted by Gasteiger charge is 2.11. The smallest absolute Gasteiger partial charge is 0.255 e. The minimum Gasteiger partial charge on any atom is -0.270 e. The molecule has 0 amide bonds. The fourth-order valence-corrected chi connectivity index (χ4v) is 1.59. The van der Waals surface area contributed by atoms with Crippen molar-refractivity contribution < 1.29 is 8.42 Å². The van der Waals surface area contributed by atoms with Crippen molar-refractivity contribution in [2.24, 2.45) is 0 Å². The lowest BCUT2D eigenvalue weighted by Crippen LogP contribution is -2.18. The Balaban J connectivity index is 3.06. The minimum absolute atomic E-state index is 0.255. The first-order valence-corrected chi connectivity index (χ1v) is 3.80. The number of hydrogen-bond acceptors (Lipinski definition) is 3. The summed E-state index contributed by atoms with van der Waals surface area (Å²) in [5.74, 6) is 0. The molecule has 0 saturated heterocycles. The Labute approximate surface area is 52.4 Å². The molecule has 44 valence electrons. The van der Waals surface area contributed by atoms with Crippen molar-refractivity contribution in [3.05, 3.63) is 11.5 Å². The van der Waals surface area contributed by atoms with Crippen LogP contribution >= 0.6 is 12.2 Å².